The van der Waals surface area contributed by atoms with Crippen LogP contribution in [0.2, 0.25) is 0 Å². The fourth-order valence-electron chi connectivity index (χ4n) is 1.60. The van der Waals surface area contributed by atoms with Gasteiger partial charge in [0.05, 0.1) is 13.5 Å². The first-order valence-corrected chi connectivity index (χ1v) is 5.56. The number of carbonyl (C=O) groups is 2. The summed E-state index contributed by atoms with van der Waals surface area (Å²) in [4.78, 5) is 22.0. The normalized spacial score (nSPS) is 15.5. The maximum absolute atomic E-state index is 11.2. The van der Waals surface area contributed by atoms with Crippen LogP contribution in [0.1, 0.15) is 38.5 Å². The number of rotatable bonds is 6. The number of amides is 1. The maximum atomic E-state index is 11.2. The summed E-state index contributed by atoms with van der Waals surface area (Å²) >= 11 is 0. The van der Waals surface area contributed by atoms with Crippen LogP contribution in [-0.4, -0.2) is 25.5 Å². The molecule has 0 aromatic heterocycles. The highest BCUT2D eigenvalue weighted by Gasteiger charge is 2.16. The molecule has 0 aromatic rings. The number of hydrogen-bond acceptors (Lipinski definition) is 3. The molecule has 0 aliphatic heterocycles. The molecule has 1 N–H and O–H groups in total. The Bertz CT molecular complexity index is 224. The smallest absolute Gasteiger partial charge is 0.306 e. The lowest BCUT2D eigenvalue weighted by atomic mass is 9.83. The van der Waals surface area contributed by atoms with Gasteiger partial charge in [0.1, 0.15) is 0 Å². The number of methoxy groups -OCH3 is 1. The van der Waals surface area contributed by atoms with Crippen molar-refractivity contribution in [3.8, 4) is 0 Å². The molecule has 0 heterocycles. The van der Waals surface area contributed by atoms with E-state index in [1.165, 1.54) is 26.4 Å². The minimum atomic E-state index is -0.329. The number of ether oxygens (including phenoxy) is 1. The molecular weight excluding hydrogens is 194 g/mol. The summed E-state index contributed by atoms with van der Waals surface area (Å²) in [6.45, 7) is 0.741. The molecule has 4 nitrogen and oxygen atoms in total. The van der Waals surface area contributed by atoms with E-state index < -0.39 is 0 Å². The Kier molecular flexibility index (Phi) is 5.15. The second-order valence-corrected chi connectivity index (χ2v) is 4.01. The molecular formula is C11H19NO3. The summed E-state index contributed by atoms with van der Waals surface area (Å²) < 4.78 is 4.45. The van der Waals surface area contributed by atoms with Gasteiger partial charge in [0, 0.05) is 13.0 Å². The van der Waals surface area contributed by atoms with Gasteiger partial charge in [0.25, 0.3) is 0 Å². The summed E-state index contributed by atoms with van der Waals surface area (Å²) in [5.41, 5.74) is 0. The third-order valence-corrected chi connectivity index (χ3v) is 2.88. The molecule has 1 amide bonds. The second-order valence-electron chi connectivity index (χ2n) is 4.01. The molecule has 0 radical (unpaired) electrons. The Morgan fingerprint density at radius 3 is 2.60 bits per heavy atom. The van der Waals surface area contributed by atoms with Crippen LogP contribution in [0.5, 0.6) is 0 Å². The van der Waals surface area contributed by atoms with Crippen molar-refractivity contribution < 1.29 is 14.3 Å². The molecule has 0 spiro atoms. The summed E-state index contributed by atoms with van der Waals surface area (Å²) in [7, 11) is 1.33. The quantitative estimate of drug-likeness (QED) is 0.675. The van der Waals surface area contributed by atoms with Gasteiger partial charge in [-0.05, 0) is 12.3 Å². The molecule has 1 aliphatic carbocycles. The molecule has 0 atom stereocenters. The standard InChI is InChI=1S/C11H19NO3/c1-15-11(14)6-5-10(13)12-8-7-9-3-2-4-9/h9H,2-8H2,1H3,(H,12,13). The first kappa shape index (κ1) is 12.0. The number of nitrogens with one attached hydrogen (secondary N) is 1. The van der Waals surface area contributed by atoms with Gasteiger partial charge in [0.2, 0.25) is 5.91 Å². The van der Waals surface area contributed by atoms with Crippen LogP contribution >= 0.6 is 0 Å². The monoisotopic (exact) mass is 213 g/mol. The maximum Gasteiger partial charge on any atom is 0.306 e. The van der Waals surface area contributed by atoms with E-state index >= 15 is 0 Å². The molecule has 86 valence electrons. The van der Waals surface area contributed by atoms with E-state index in [4.69, 9.17) is 0 Å². The lowest BCUT2D eigenvalue weighted by Crippen LogP contribution is -2.27. The second kappa shape index (κ2) is 6.43. The third-order valence-electron chi connectivity index (χ3n) is 2.88. The van der Waals surface area contributed by atoms with Gasteiger partial charge >= 0.3 is 5.97 Å². The van der Waals surface area contributed by atoms with Crippen LogP contribution in [0, 0.1) is 5.92 Å². The van der Waals surface area contributed by atoms with Gasteiger partial charge in [-0.15, -0.1) is 0 Å². The van der Waals surface area contributed by atoms with Gasteiger partial charge in [-0.1, -0.05) is 19.3 Å². The van der Waals surface area contributed by atoms with Crippen LogP contribution in [-0.2, 0) is 14.3 Å². The van der Waals surface area contributed by atoms with Crippen molar-refractivity contribution in [1.29, 1.82) is 0 Å². The fourth-order valence-corrected chi connectivity index (χ4v) is 1.60. The SMILES string of the molecule is COC(=O)CCC(=O)NCCC1CCC1. The Morgan fingerprint density at radius 1 is 1.33 bits per heavy atom. The van der Waals surface area contributed by atoms with Crippen LogP contribution in [0.15, 0.2) is 0 Å². The third kappa shape index (κ3) is 4.81. The molecule has 0 bridgehead atoms. The largest absolute Gasteiger partial charge is 0.469 e. The van der Waals surface area contributed by atoms with E-state index in [0.29, 0.717) is 0 Å². The van der Waals surface area contributed by atoms with Crippen molar-refractivity contribution in [2.24, 2.45) is 5.92 Å². The summed E-state index contributed by atoms with van der Waals surface area (Å²) in [5, 5.41) is 2.81. The molecule has 1 fully saturated rings. The van der Waals surface area contributed by atoms with Crippen molar-refractivity contribution in [2.45, 2.75) is 38.5 Å². The summed E-state index contributed by atoms with van der Waals surface area (Å²) in [6.07, 6.45) is 5.42. The highest BCUT2D eigenvalue weighted by Crippen LogP contribution is 2.28. The molecule has 0 saturated heterocycles. The zero-order chi connectivity index (χ0) is 11.1. The Morgan fingerprint density at radius 2 is 2.07 bits per heavy atom. The van der Waals surface area contributed by atoms with E-state index in [1.807, 2.05) is 0 Å². The van der Waals surface area contributed by atoms with Crippen molar-refractivity contribution in [3.05, 3.63) is 0 Å². The molecule has 0 aromatic carbocycles. The number of esters is 1. The lowest BCUT2D eigenvalue weighted by Gasteiger charge is -2.25. The number of hydrogen-bond donors (Lipinski definition) is 1. The predicted octanol–water partition coefficient (Wildman–Crippen LogP) is 1.25. The van der Waals surface area contributed by atoms with E-state index in [1.54, 1.807) is 0 Å². The van der Waals surface area contributed by atoms with Crippen LogP contribution < -0.4 is 5.32 Å². The highest BCUT2D eigenvalue weighted by atomic mass is 16.5. The van der Waals surface area contributed by atoms with Crippen molar-refractivity contribution in [3.63, 3.8) is 0 Å². The Balaban J connectivity index is 1.95. The van der Waals surface area contributed by atoms with Crippen molar-refractivity contribution in [1.82, 2.24) is 5.32 Å². The van der Waals surface area contributed by atoms with Crippen molar-refractivity contribution in [2.75, 3.05) is 13.7 Å². The molecule has 1 aliphatic rings. The average molecular weight is 213 g/mol. The van der Waals surface area contributed by atoms with Gasteiger partial charge in [0.15, 0.2) is 0 Å². The first-order valence-electron chi connectivity index (χ1n) is 5.56. The Labute approximate surface area is 90.4 Å². The topological polar surface area (TPSA) is 55.4 Å². The predicted molar refractivity (Wildman–Crippen MR) is 56.2 cm³/mol. The first-order chi connectivity index (χ1) is 7.22. The van der Waals surface area contributed by atoms with E-state index in [2.05, 4.69) is 10.1 Å². The molecule has 15 heavy (non-hydrogen) atoms. The van der Waals surface area contributed by atoms with Gasteiger partial charge in [-0.3, -0.25) is 9.59 Å². The van der Waals surface area contributed by atoms with E-state index in [-0.39, 0.29) is 24.7 Å². The summed E-state index contributed by atoms with van der Waals surface area (Å²) in [6, 6.07) is 0. The average Bonchev–Trinajstić information content (AvgIpc) is 2.18. The molecule has 4 heteroatoms. The number of carbonyl (C=O) groups excluding carboxylic acids is 2. The Hall–Kier alpha value is -1.06. The minimum absolute atomic E-state index is 0.0558. The van der Waals surface area contributed by atoms with Crippen LogP contribution in [0.25, 0.3) is 0 Å². The zero-order valence-corrected chi connectivity index (χ0v) is 9.25. The van der Waals surface area contributed by atoms with Gasteiger partial charge in [-0.2, -0.15) is 0 Å². The van der Waals surface area contributed by atoms with Crippen LogP contribution in [0.4, 0.5) is 0 Å². The van der Waals surface area contributed by atoms with Gasteiger partial charge in [-0.25, -0.2) is 0 Å². The van der Waals surface area contributed by atoms with E-state index in [9.17, 15) is 9.59 Å². The highest BCUT2D eigenvalue weighted by molar-refractivity contribution is 5.81. The molecule has 1 saturated carbocycles. The van der Waals surface area contributed by atoms with Crippen molar-refractivity contribution >= 4 is 11.9 Å². The molecule has 1 rings (SSSR count). The molecule has 0 unspecified atom stereocenters. The van der Waals surface area contributed by atoms with Gasteiger partial charge < -0.3 is 10.1 Å². The fraction of sp³-hybridized carbons (Fsp3) is 0.818. The summed E-state index contributed by atoms with van der Waals surface area (Å²) in [5.74, 6) is 0.426. The minimum Gasteiger partial charge on any atom is -0.469 e. The van der Waals surface area contributed by atoms with E-state index in [0.717, 1.165) is 18.9 Å². The van der Waals surface area contributed by atoms with Crippen LogP contribution in [0.3, 0.4) is 0 Å². The lowest BCUT2D eigenvalue weighted by molar-refractivity contribution is -0.142. The zero-order valence-electron chi connectivity index (χ0n) is 9.25.